The molecule has 5 rings (SSSR count). The molecule has 0 spiro atoms. The van der Waals surface area contributed by atoms with Gasteiger partial charge in [-0.15, -0.1) is 0 Å². The van der Waals surface area contributed by atoms with Crippen molar-refractivity contribution in [2.45, 2.75) is 18.5 Å². The number of amides is 2. The number of esters is 1. The quantitative estimate of drug-likeness (QED) is 0.365. The lowest BCUT2D eigenvalue weighted by Gasteiger charge is -2.41. The molecule has 0 saturated carbocycles. The highest BCUT2D eigenvalue weighted by Crippen LogP contribution is 2.32. The van der Waals surface area contributed by atoms with Crippen LogP contribution in [0.1, 0.15) is 33.9 Å². The first kappa shape index (κ1) is 25.7. The number of piperazine rings is 1. The van der Waals surface area contributed by atoms with Crippen LogP contribution in [0.5, 0.6) is 0 Å². The van der Waals surface area contributed by atoms with Gasteiger partial charge in [0, 0.05) is 26.2 Å². The summed E-state index contributed by atoms with van der Waals surface area (Å²) in [4.78, 5) is 43.3. The predicted molar refractivity (Wildman–Crippen MR) is 136 cm³/mol. The molecule has 2 amide bonds. The summed E-state index contributed by atoms with van der Waals surface area (Å²) in [6, 6.07) is 18.0. The Morgan fingerprint density at radius 1 is 0.816 bits per heavy atom. The molecule has 2 aliphatic rings. The average Bonchev–Trinajstić information content (AvgIpc) is 3.24. The van der Waals surface area contributed by atoms with Crippen LogP contribution < -0.4 is 4.90 Å². The Balaban J connectivity index is 1.30. The van der Waals surface area contributed by atoms with Crippen LogP contribution in [-0.4, -0.2) is 66.9 Å². The molecule has 1 unspecified atom stereocenters. The molecule has 2 heterocycles. The summed E-state index contributed by atoms with van der Waals surface area (Å²) in [5.41, 5.74) is 2.53. The molecule has 0 aromatic heterocycles. The van der Waals surface area contributed by atoms with Crippen molar-refractivity contribution in [3.05, 3.63) is 101 Å². The topological polar surface area (TPSA) is 70.2 Å². The third-order valence-electron chi connectivity index (χ3n) is 7.20. The minimum absolute atomic E-state index is 0.0803. The fourth-order valence-electron chi connectivity index (χ4n) is 5.25. The number of hydrogen-bond donors (Lipinski definition) is 0. The second-order valence-electron chi connectivity index (χ2n) is 9.40. The Labute approximate surface area is 219 Å². The van der Waals surface area contributed by atoms with Gasteiger partial charge in [0.15, 0.2) is 0 Å². The zero-order valence-corrected chi connectivity index (χ0v) is 20.8. The summed E-state index contributed by atoms with van der Waals surface area (Å²) in [7, 11) is 1.29. The van der Waals surface area contributed by atoms with Crippen molar-refractivity contribution >= 4 is 23.5 Å². The molecule has 0 radical (unpaired) electrons. The van der Waals surface area contributed by atoms with Gasteiger partial charge in [-0.25, -0.2) is 18.5 Å². The molecule has 1 atom stereocenters. The van der Waals surface area contributed by atoms with E-state index in [4.69, 9.17) is 4.74 Å². The number of benzene rings is 3. The van der Waals surface area contributed by atoms with Crippen LogP contribution in [0.25, 0.3) is 0 Å². The van der Waals surface area contributed by atoms with Crippen LogP contribution in [0.4, 0.5) is 14.5 Å². The van der Waals surface area contributed by atoms with Crippen molar-refractivity contribution in [1.29, 1.82) is 0 Å². The summed E-state index contributed by atoms with van der Waals surface area (Å²) >= 11 is 0. The van der Waals surface area contributed by atoms with Crippen LogP contribution in [0.15, 0.2) is 72.8 Å². The lowest BCUT2D eigenvalue weighted by Crippen LogP contribution is -2.53. The molecule has 3 aromatic carbocycles. The van der Waals surface area contributed by atoms with Crippen LogP contribution >= 0.6 is 0 Å². The van der Waals surface area contributed by atoms with E-state index in [0.717, 1.165) is 11.1 Å². The van der Waals surface area contributed by atoms with E-state index >= 15 is 0 Å². The first-order valence-electron chi connectivity index (χ1n) is 12.4. The zero-order valence-electron chi connectivity index (χ0n) is 20.8. The molecule has 196 valence electrons. The number of carbonyl (C=O) groups is 3. The summed E-state index contributed by atoms with van der Waals surface area (Å²) in [5.74, 6) is -1.73. The van der Waals surface area contributed by atoms with Gasteiger partial charge in [0.2, 0.25) is 5.91 Å². The van der Waals surface area contributed by atoms with E-state index in [-0.39, 0.29) is 35.9 Å². The maximum Gasteiger partial charge on any atom is 0.337 e. The van der Waals surface area contributed by atoms with E-state index in [2.05, 4.69) is 4.90 Å². The van der Waals surface area contributed by atoms with E-state index in [0.29, 0.717) is 37.4 Å². The maximum absolute atomic E-state index is 13.6. The van der Waals surface area contributed by atoms with Gasteiger partial charge in [-0.05, 0) is 59.7 Å². The van der Waals surface area contributed by atoms with Gasteiger partial charge < -0.3 is 4.74 Å². The molecule has 3 aromatic rings. The van der Waals surface area contributed by atoms with Gasteiger partial charge in [0.25, 0.3) is 5.91 Å². The highest BCUT2D eigenvalue weighted by Gasteiger charge is 2.43. The van der Waals surface area contributed by atoms with Crippen LogP contribution in [0.2, 0.25) is 0 Å². The Morgan fingerprint density at radius 3 is 1.84 bits per heavy atom. The van der Waals surface area contributed by atoms with Gasteiger partial charge >= 0.3 is 5.97 Å². The van der Waals surface area contributed by atoms with Gasteiger partial charge in [-0.1, -0.05) is 24.3 Å². The van der Waals surface area contributed by atoms with E-state index in [9.17, 15) is 23.2 Å². The van der Waals surface area contributed by atoms with Crippen LogP contribution in [0, 0.1) is 11.6 Å². The summed E-state index contributed by atoms with van der Waals surface area (Å²) in [5, 5.41) is 0. The predicted octanol–water partition coefficient (Wildman–Crippen LogP) is 3.79. The molecule has 38 heavy (non-hydrogen) atoms. The number of methoxy groups -OCH3 is 1. The molecular formula is C29H27F2N3O4. The smallest absolute Gasteiger partial charge is 0.337 e. The number of hydrogen-bond acceptors (Lipinski definition) is 6. The van der Waals surface area contributed by atoms with E-state index in [1.165, 1.54) is 48.4 Å². The number of nitrogens with zero attached hydrogens (tertiary/aromatic N) is 3. The minimum atomic E-state index is -0.569. The molecule has 0 aliphatic carbocycles. The Morgan fingerprint density at radius 2 is 1.34 bits per heavy atom. The Bertz CT molecular complexity index is 1280. The first-order chi connectivity index (χ1) is 18.4. The van der Waals surface area contributed by atoms with Crippen LogP contribution in [-0.2, 0) is 14.3 Å². The Kier molecular flexibility index (Phi) is 7.31. The molecule has 9 heteroatoms. The molecule has 0 bridgehead atoms. The van der Waals surface area contributed by atoms with Crippen LogP contribution in [0.3, 0.4) is 0 Å². The van der Waals surface area contributed by atoms with Crippen molar-refractivity contribution in [3.8, 4) is 0 Å². The number of rotatable bonds is 6. The minimum Gasteiger partial charge on any atom is -0.465 e. The van der Waals surface area contributed by atoms with Gasteiger partial charge in [-0.2, -0.15) is 0 Å². The summed E-state index contributed by atoms with van der Waals surface area (Å²) in [6.07, 6.45) is 0.0803. The Hall–Kier alpha value is -3.95. The number of ether oxygens (including phenoxy) is 1. The van der Waals surface area contributed by atoms with Crippen molar-refractivity contribution in [1.82, 2.24) is 9.80 Å². The molecular weight excluding hydrogens is 492 g/mol. The second-order valence-corrected chi connectivity index (χ2v) is 9.40. The molecule has 2 fully saturated rings. The fourth-order valence-corrected chi connectivity index (χ4v) is 5.25. The number of halogens is 2. The van der Waals surface area contributed by atoms with Crippen molar-refractivity contribution in [2.24, 2.45) is 0 Å². The SMILES string of the molecule is COC(=O)c1ccc(N2C(=O)CC(N3CCN(C(c4ccc(F)cc4)c4ccc(F)cc4)CC3)C2=O)cc1. The van der Waals surface area contributed by atoms with E-state index in [1.54, 1.807) is 36.4 Å². The fraction of sp³-hybridized carbons (Fsp3) is 0.276. The zero-order chi connectivity index (χ0) is 26.8. The van der Waals surface area contributed by atoms with E-state index in [1.807, 2.05) is 4.90 Å². The van der Waals surface area contributed by atoms with Gasteiger partial charge in [-0.3, -0.25) is 19.4 Å². The molecule has 2 aliphatic heterocycles. The average molecular weight is 520 g/mol. The van der Waals surface area contributed by atoms with Crippen molar-refractivity contribution in [2.75, 3.05) is 38.2 Å². The van der Waals surface area contributed by atoms with Gasteiger partial charge in [0.05, 0.1) is 36.9 Å². The molecule has 2 saturated heterocycles. The second kappa shape index (κ2) is 10.8. The first-order valence-corrected chi connectivity index (χ1v) is 12.4. The number of imide groups is 1. The van der Waals surface area contributed by atoms with E-state index < -0.39 is 12.0 Å². The van der Waals surface area contributed by atoms with Crippen molar-refractivity contribution < 1.29 is 27.9 Å². The van der Waals surface area contributed by atoms with Gasteiger partial charge in [0.1, 0.15) is 11.6 Å². The monoisotopic (exact) mass is 519 g/mol. The molecule has 7 nitrogen and oxygen atoms in total. The standard InChI is InChI=1S/C29H27F2N3O4/c1-38-29(37)21-6-12-24(13-7-21)34-26(35)18-25(28(34)36)32-14-16-33(17-15-32)27(19-2-8-22(30)9-3-19)20-4-10-23(31)11-5-20/h2-13,25,27H,14-18H2,1H3. The lowest BCUT2D eigenvalue weighted by molar-refractivity contribution is -0.123. The third kappa shape index (κ3) is 5.07. The number of carbonyl (C=O) groups excluding carboxylic acids is 3. The highest BCUT2D eigenvalue weighted by molar-refractivity contribution is 6.22. The summed E-state index contributed by atoms with van der Waals surface area (Å²) in [6.45, 7) is 2.31. The largest absolute Gasteiger partial charge is 0.465 e. The normalized spacial score (nSPS) is 18.8. The summed E-state index contributed by atoms with van der Waals surface area (Å²) < 4.78 is 31.9. The lowest BCUT2D eigenvalue weighted by atomic mass is 9.96. The maximum atomic E-state index is 13.6. The van der Waals surface area contributed by atoms with Crippen molar-refractivity contribution in [3.63, 3.8) is 0 Å². The highest BCUT2D eigenvalue weighted by atomic mass is 19.1. The third-order valence-corrected chi connectivity index (χ3v) is 7.20. The molecule has 0 N–H and O–H groups in total. The number of anilines is 1.